The molecular formula is C22H25Cl2N6O5P. The molecule has 36 heavy (non-hydrogen) atoms. The number of anilines is 1. The lowest BCUT2D eigenvalue weighted by Crippen LogP contribution is -2.35. The number of imidazole rings is 1. The van der Waals surface area contributed by atoms with Crippen molar-refractivity contribution in [1.29, 1.82) is 0 Å². The van der Waals surface area contributed by atoms with Crippen LogP contribution in [-0.4, -0.2) is 44.7 Å². The van der Waals surface area contributed by atoms with E-state index in [1.54, 1.807) is 37.5 Å². The van der Waals surface area contributed by atoms with Crippen molar-refractivity contribution in [2.45, 2.75) is 32.4 Å². The van der Waals surface area contributed by atoms with Crippen molar-refractivity contribution in [3.8, 4) is 5.75 Å². The maximum Gasteiger partial charge on any atom is 0.459 e. The zero-order valence-electron chi connectivity index (χ0n) is 19.5. The van der Waals surface area contributed by atoms with Crippen LogP contribution in [0.2, 0.25) is 10.2 Å². The van der Waals surface area contributed by atoms with Gasteiger partial charge in [0, 0.05) is 10.9 Å². The average molecular weight is 555 g/mol. The second-order valence-corrected chi connectivity index (χ2v) is 10.6. The molecule has 1 aliphatic carbocycles. The normalized spacial score (nSPS) is 19.8. The summed E-state index contributed by atoms with van der Waals surface area (Å²) in [5, 5.41) is 3.33. The number of allylic oxidation sites excluding steroid dienone is 1. The largest absolute Gasteiger partial charge is 0.465 e. The van der Waals surface area contributed by atoms with Crippen molar-refractivity contribution in [3.63, 3.8) is 0 Å². The molecule has 2 heterocycles. The molecule has 1 aliphatic rings. The molecule has 0 aliphatic heterocycles. The number of halogens is 2. The van der Waals surface area contributed by atoms with Crippen LogP contribution < -0.4 is 15.3 Å². The SMILES string of the molecule is CCOC(=O)[C@H](C)NP(=O)(OC[C@@H]1C=C[C@H](n2cnc3c(Cl)nc(N)nc32)C1)Oc1ccc(Cl)cc1. The monoisotopic (exact) mass is 554 g/mol. The van der Waals surface area contributed by atoms with E-state index in [0.29, 0.717) is 22.6 Å². The van der Waals surface area contributed by atoms with Gasteiger partial charge in [0.05, 0.1) is 25.6 Å². The molecule has 0 saturated heterocycles. The molecule has 0 radical (unpaired) electrons. The van der Waals surface area contributed by atoms with Crippen LogP contribution >= 0.6 is 30.9 Å². The van der Waals surface area contributed by atoms with E-state index < -0.39 is 19.8 Å². The van der Waals surface area contributed by atoms with E-state index in [1.165, 1.54) is 6.92 Å². The van der Waals surface area contributed by atoms with E-state index in [1.807, 2.05) is 16.7 Å². The fourth-order valence-electron chi connectivity index (χ4n) is 3.70. The molecular weight excluding hydrogens is 530 g/mol. The van der Waals surface area contributed by atoms with Crippen LogP contribution in [0, 0.1) is 5.92 Å². The summed E-state index contributed by atoms with van der Waals surface area (Å²) >= 11 is 12.1. The molecule has 0 fully saturated rings. The van der Waals surface area contributed by atoms with Gasteiger partial charge in [-0.2, -0.15) is 15.1 Å². The quantitative estimate of drug-likeness (QED) is 0.158. The maximum atomic E-state index is 13.6. The van der Waals surface area contributed by atoms with E-state index in [0.717, 1.165) is 0 Å². The van der Waals surface area contributed by atoms with Gasteiger partial charge in [0.25, 0.3) is 0 Å². The number of rotatable bonds is 10. The molecule has 3 aromatic rings. The molecule has 3 N–H and O–H groups in total. The Balaban J connectivity index is 1.46. The van der Waals surface area contributed by atoms with Gasteiger partial charge in [-0.25, -0.2) is 9.55 Å². The molecule has 192 valence electrons. The number of ether oxygens (including phenoxy) is 1. The molecule has 4 rings (SSSR count). The zero-order chi connectivity index (χ0) is 25.9. The average Bonchev–Trinajstić information content (AvgIpc) is 3.46. The van der Waals surface area contributed by atoms with Crippen LogP contribution in [0.1, 0.15) is 26.3 Å². The number of nitrogen functional groups attached to an aromatic ring is 1. The Hall–Kier alpha value is -2.69. The predicted molar refractivity (Wildman–Crippen MR) is 136 cm³/mol. The number of hydrogen-bond acceptors (Lipinski definition) is 9. The topological polar surface area (TPSA) is 143 Å². The number of hydrogen-bond donors (Lipinski definition) is 2. The number of fused-ring (bicyclic) bond motifs is 1. The van der Waals surface area contributed by atoms with Gasteiger partial charge in [-0.1, -0.05) is 35.4 Å². The van der Waals surface area contributed by atoms with Gasteiger partial charge in [-0.15, -0.1) is 0 Å². The molecule has 1 aromatic carbocycles. The van der Waals surface area contributed by atoms with E-state index >= 15 is 0 Å². The Labute approximate surface area is 217 Å². The van der Waals surface area contributed by atoms with Crippen molar-refractivity contribution in [2.75, 3.05) is 18.9 Å². The van der Waals surface area contributed by atoms with Crippen molar-refractivity contribution in [3.05, 3.63) is 52.9 Å². The van der Waals surface area contributed by atoms with Crippen LogP contribution in [-0.2, 0) is 18.6 Å². The lowest BCUT2D eigenvalue weighted by atomic mass is 10.1. The van der Waals surface area contributed by atoms with E-state index in [2.05, 4.69) is 20.0 Å². The fraction of sp³-hybridized carbons (Fsp3) is 0.364. The minimum absolute atomic E-state index is 0.0539. The fourth-order valence-corrected chi connectivity index (χ4v) is 5.59. The Bertz CT molecular complexity index is 1320. The highest BCUT2D eigenvalue weighted by molar-refractivity contribution is 7.52. The number of esters is 1. The molecule has 0 amide bonds. The lowest BCUT2D eigenvalue weighted by Gasteiger charge is -2.24. The van der Waals surface area contributed by atoms with Crippen LogP contribution in [0.5, 0.6) is 5.75 Å². The molecule has 0 spiro atoms. The number of nitrogens with one attached hydrogen (secondary N) is 1. The van der Waals surface area contributed by atoms with Crippen molar-refractivity contribution in [2.24, 2.45) is 5.92 Å². The van der Waals surface area contributed by atoms with E-state index in [-0.39, 0.29) is 42.0 Å². The van der Waals surface area contributed by atoms with Crippen LogP contribution in [0.4, 0.5) is 5.95 Å². The first kappa shape index (κ1) is 26.4. The van der Waals surface area contributed by atoms with Crippen molar-refractivity contribution < 1.29 is 23.1 Å². The second kappa shape index (κ2) is 11.1. The van der Waals surface area contributed by atoms with Gasteiger partial charge >= 0.3 is 13.7 Å². The van der Waals surface area contributed by atoms with Gasteiger partial charge in [0.2, 0.25) is 5.95 Å². The third kappa shape index (κ3) is 6.16. The number of nitrogens with two attached hydrogens (primary N) is 1. The highest BCUT2D eigenvalue weighted by atomic mass is 35.5. The highest BCUT2D eigenvalue weighted by Crippen LogP contribution is 2.46. The summed E-state index contributed by atoms with van der Waals surface area (Å²) < 4.78 is 31.9. The zero-order valence-corrected chi connectivity index (χ0v) is 21.9. The standard InChI is InChI=1S/C22H25Cl2N6O5P/c1-3-33-21(31)13(2)29-36(32,35-17-8-5-15(23)6-9-17)34-11-14-4-7-16(10-14)30-12-26-18-19(24)27-22(25)28-20(18)30/h4-9,12-14,16H,3,10-11H2,1-2H3,(H,29,32)(H2,25,27,28)/t13-,14+,16-,36?/m0/s1. The first-order valence-electron chi connectivity index (χ1n) is 11.2. The lowest BCUT2D eigenvalue weighted by molar-refractivity contribution is -0.144. The van der Waals surface area contributed by atoms with Gasteiger partial charge in [-0.3, -0.25) is 9.32 Å². The first-order valence-corrected chi connectivity index (χ1v) is 13.5. The summed E-state index contributed by atoms with van der Waals surface area (Å²) in [4.78, 5) is 24.6. The molecule has 14 heteroatoms. The van der Waals surface area contributed by atoms with E-state index in [9.17, 15) is 9.36 Å². The van der Waals surface area contributed by atoms with Crippen LogP contribution in [0.25, 0.3) is 11.2 Å². The smallest absolute Gasteiger partial charge is 0.459 e. The molecule has 11 nitrogen and oxygen atoms in total. The summed E-state index contributed by atoms with van der Waals surface area (Å²) in [6.07, 6.45) is 6.16. The number of aromatic nitrogens is 4. The summed E-state index contributed by atoms with van der Waals surface area (Å²) in [7, 11) is -3.98. The van der Waals surface area contributed by atoms with Crippen LogP contribution in [0.3, 0.4) is 0 Å². The number of carbonyl (C=O) groups excluding carboxylic acids is 1. The Morgan fingerprint density at radius 2 is 2.03 bits per heavy atom. The number of carbonyl (C=O) groups is 1. The number of benzene rings is 1. The second-order valence-electron chi connectivity index (χ2n) is 8.09. The van der Waals surface area contributed by atoms with Crippen molar-refractivity contribution in [1.82, 2.24) is 24.6 Å². The molecule has 2 aromatic heterocycles. The third-order valence-electron chi connectivity index (χ3n) is 5.39. The molecule has 4 atom stereocenters. The van der Waals surface area contributed by atoms with Crippen LogP contribution in [0.15, 0.2) is 42.7 Å². The molecule has 0 saturated carbocycles. The first-order chi connectivity index (χ1) is 17.2. The number of nitrogens with zero attached hydrogens (tertiary/aromatic N) is 4. The minimum atomic E-state index is -3.98. The van der Waals surface area contributed by atoms with Gasteiger partial charge < -0.3 is 19.6 Å². The summed E-state index contributed by atoms with van der Waals surface area (Å²) in [5.74, 6) is -0.360. The third-order valence-corrected chi connectivity index (χ3v) is 7.55. The Morgan fingerprint density at radius 1 is 1.28 bits per heavy atom. The highest BCUT2D eigenvalue weighted by Gasteiger charge is 2.34. The van der Waals surface area contributed by atoms with Gasteiger partial charge in [0.15, 0.2) is 10.8 Å². The summed E-state index contributed by atoms with van der Waals surface area (Å²) in [5.41, 5.74) is 6.72. The van der Waals surface area contributed by atoms with Gasteiger partial charge in [0.1, 0.15) is 17.3 Å². The van der Waals surface area contributed by atoms with Crippen molar-refractivity contribution >= 4 is 54.0 Å². The summed E-state index contributed by atoms with van der Waals surface area (Å²) in [6.45, 7) is 3.46. The van der Waals surface area contributed by atoms with E-state index in [4.69, 9.17) is 42.7 Å². The Kier molecular flexibility index (Phi) is 8.17. The Morgan fingerprint density at radius 3 is 2.75 bits per heavy atom. The summed E-state index contributed by atoms with van der Waals surface area (Å²) in [6, 6.07) is 5.28. The molecule has 0 bridgehead atoms. The predicted octanol–water partition coefficient (Wildman–Crippen LogP) is 4.58. The molecule has 1 unspecified atom stereocenters. The van der Waals surface area contributed by atoms with Gasteiger partial charge in [-0.05, 0) is 44.5 Å². The minimum Gasteiger partial charge on any atom is -0.465 e. The maximum absolute atomic E-state index is 13.6.